The third kappa shape index (κ3) is 5.11. The average molecular weight is 401 g/mol. The summed E-state index contributed by atoms with van der Waals surface area (Å²) in [6.45, 7) is 0.259. The molecular weight excluding hydrogens is 384 g/mol. The standard InChI is InChI=1S/C20H17ClN2O5/c21-16-8-9-19(18(11-16)23(25)26)28-14-20(24)22(13-17-7-4-10-27-17)12-15-5-2-1-3-6-15/h1-11H,12-14H2. The zero-order chi connectivity index (χ0) is 19.9. The van der Waals surface area contributed by atoms with E-state index in [9.17, 15) is 14.9 Å². The molecule has 2 aromatic carbocycles. The van der Waals surface area contributed by atoms with Crippen LogP contribution < -0.4 is 4.74 Å². The molecule has 28 heavy (non-hydrogen) atoms. The van der Waals surface area contributed by atoms with Crippen LogP contribution in [0.2, 0.25) is 5.02 Å². The van der Waals surface area contributed by atoms with E-state index in [-0.39, 0.29) is 35.5 Å². The number of nitro benzene ring substituents is 1. The summed E-state index contributed by atoms with van der Waals surface area (Å²) < 4.78 is 10.8. The Bertz CT molecular complexity index is 944. The third-order valence-corrected chi connectivity index (χ3v) is 4.20. The van der Waals surface area contributed by atoms with Crippen molar-refractivity contribution < 1.29 is 18.9 Å². The van der Waals surface area contributed by atoms with Gasteiger partial charge in [-0.05, 0) is 29.8 Å². The van der Waals surface area contributed by atoms with Gasteiger partial charge in [-0.3, -0.25) is 14.9 Å². The summed E-state index contributed by atoms with van der Waals surface area (Å²) in [7, 11) is 0. The minimum Gasteiger partial charge on any atom is -0.477 e. The van der Waals surface area contributed by atoms with E-state index < -0.39 is 4.92 Å². The molecule has 3 aromatic rings. The van der Waals surface area contributed by atoms with Gasteiger partial charge in [0.2, 0.25) is 0 Å². The van der Waals surface area contributed by atoms with Gasteiger partial charge in [0.1, 0.15) is 5.76 Å². The van der Waals surface area contributed by atoms with Crippen LogP contribution in [0, 0.1) is 10.1 Å². The highest BCUT2D eigenvalue weighted by Gasteiger charge is 2.20. The van der Waals surface area contributed by atoms with Crippen LogP contribution in [-0.2, 0) is 17.9 Å². The van der Waals surface area contributed by atoms with E-state index in [1.54, 1.807) is 17.0 Å². The molecule has 0 radical (unpaired) electrons. The van der Waals surface area contributed by atoms with E-state index in [1.807, 2.05) is 30.3 Å². The lowest BCUT2D eigenvalue weighted by atomic mass is 10.2. The molecule has 0 fully saturated rings. The van der Waals surface area contributed by atoms with E-state index in [1.165, 1.54) is 24.5 Å². The third-order valence-electron chi connectivity index (χ3n) is 3.96. The van der Waals surface area contributed by atoms with Gasteiger partial charge in [0.25, 0.3) is 5.91 Å². The van der Waals surface area contributed by atoms with Crippen molar-refractivity contribution in [3.63, 3.8) is 0 Å². The number of furan rings is 1. The van der Waals surface area contributed by atoms with E-state index >= 15 is 0 Å². The van der Waals surface area contributed by atoms with Crippen LogP contribution in [0.3, 0.4) is 0 Å². The Balaban J connectivity index is 1.73. The van der Waals surface area contributed by atoms with Gasteiger partial charge in [-0.1, -0.05) is 41.9 Å². The number of nitrogens with zero attached hydrogens (tertiary/aromatic N) is 2. The first-order valence-electron chi connectivity index (χ1n) is 8.44. The molecule has 0 bridgehead atoms. The van der Waals surface area contributed by atoms with Gasteiger partial charge < -0.3 is 14.1 Å². The van der Waals surface area contributed by atoms with Crippen LogP contribution in [0.1, 0.15) is 11.3 Å². The first kappa shape index (κ1) is 19.4. The molecule has 0 aliphatic heterocycles. The first-order chi connectivity index (χ1) is 13.5. The number of carbonyl (C=O) groups is 1. The van der Waals surface area contributed by atoms with Crippen LogP contribution in [-0.4, -0.2) is 22.3 Å². The summed E-state index contributed by atoms with van der Waals surface area (Å²) in [5, 5.41) is 11.4. The Morgan fingerprint density at radius 3 is 2.57 bits per heavy atom. The van der Waals surface area contributed by atoms with E-state index in [4.69, 9.17) is 20.8 Å². The number of halogens is 1. The second-order valence-electron chi connectivity index (χ2n) is 5.97. The fraction of sp³-hybridized carbons (Fsp3) is 0.150. The molecule has 0 saturated carbocycles. The van der Waals surface area contributed by atoms with Gasteiger partial charge in [0, 0.05) is 17.6 Å². The minimum atomic E-state index is -0.601. The zero-order valence-corrected chi connectivity index (χ0v) is 15.5. The van der Waals surface area contributed by atoms with Crippen molar-refractivity contribution in [3.8, 4) is 5.75 Å². The molecule has 0 atom stereocenters. The number of rotatable bonds is 8. The van der Waals surface area contributed by atoms with Gasteiger partial charge in [-0.15, -0.1) is 0 Å². The molecule has 1 amide bonds. The topological polar surface area (TPSA) is 85.8 Å². The maximum Gasteiger partial charge on any atom is 0.312 e. The van der Waals surface area contributed by atoms with Crippen molar-refractivity contribution in [1.82, 2.24) is 4.90 Å². The van der Waals surface area contributed by atoms with Gasteiger partial charge in [-0.25, -0.2) is 0 Å². The average Bonchev–Trinajstić information content (AvgIpc) is 3.20. The maximum atomic E-state index is 12.8. The van der Waals surface area contributed by atoms with Crippen molar-refractivity contribution in [3.05, 3.63) is 93.4 Å². The smallest absolute Gasteiger partial charge is 0.312 e. The lowest BCUT2D eigenvalue weighted by Gasteiger charge is -2.22. The van der Waals surface area contributed by atoms with E-state index in [0.29, 0.717) is 12.3 Å². The zero-order valence-electron chi connectivity index (χ0n) is 14.8. The monoisotopic (exact) mass is 400 g/mol. The van der Waals surface area contributed by atoms with Crippen LogP contribution in [0.5, 0.6) is 5.75 Å². The summed E-state index contributed by atoms with van der Waals surface area (Å²) in [6, 6.07) is 17.0. The number of carbonyl (C=O) groups excluding carboxylic acids is 1. The molecule has 0 aliphatic carbocycles. The van der Waals surface area contributed by atoms with E-state index in [2.05, 4.69) is 0 Å². The Morgan fingerprint density at radius 1 is 1.11 bits per heavy atom. The number of ether oxygens (including phenoxy) is 1. The van der Waals surface area contributed by atoms with Crippen LogP contribution in [0.25, 0.3) is 0 Å². The molecule has 1 aromatic heterocycles. The molecular formula is C20H17ClN2O5. The largest absolute Gasteiger partial charge is 0.477 e. The molecule has 1 heterocycles. The first-order valence-corrected chi connectivity index (χ1v) is 8.81. The molecule has 8 heteroatoms. The normalized spacial score (nSPS) is 10.5. The summed E-state index contributed by atoms with van der Waals surface area (Å²) >= 11 is 5.80. The van der Waals surface area contributed by atoms with Gasteiger partial charge in [0.05, 0.1) is 17.7 Å². The second-order valence-corrected chi connectivity index (χ2v) is 6.41. The van der Waals surface area contributed by atoms with Crippen molar-refractivity contribution in [2.45, 2.75) is 13.1 Å². The SMILES string of the molecule is O=C(COc1ccc(Cl)cc1[N+](=O)[O-])N(Cc1ccccc1)Cc1ccco1. The van der Waals surface area contributed by atoms with Crippen LogP contribution in [0.15, 0.2) is 71.3 Å². The van der Waals surface area contributed by atoms with Crippen molar-refractivity contribution in [2.24, 2.45) is 0 Å². The quantitative estimate of drug-likeness (QED) is 0.412. The summed E-state index contributed by atoms with van der Waals surface area (Å²) in [6.07, 6.45) is 1.54. The summed E-state index contributed by atoms with van der Waals surface area (Å²) in [5.41, 5.74) is 0.654. The minimum absolute atomic E-state index is 0.0135. The van der Waals surface area contributed by atoms with Crippen molar-refractivity contribution in [2.75, 3.05) is 6.61 Å². The van der Waals surface area contributed by atoms with E-state index in [0.717, 1.165) is 5.56 Å². The Labute approximate surface area is 166 Å². The number of amides is 1. The molecule has 0 N–H and O–H groups in total. The van der Waals surface area contributed by atoms with Crippen LogP contribution in [0.4, 0.5) is 5.69 Å². The lowest BCUT2D eigenvalue weighted by molar-refractivity contribution is -0.385. The predicted octanol–water partition coefficient (Wildman–Crippen LogP) is 4.45. The number of nitro groups is 1. The Hall–Kier alpha value is -3.32. The molecule has 0 aliphatic rings. The highest BCUT2D eigenvalue weighted by Crippen LogP contribution is 2.30. The predicted molar refractivity (Wildman–Crippen MR) is 103 cm³/mol. The maximum absolute atomic E-state index is 12.8. The van der Waals surface area contributed by atoms with Crippen molar-refractivity contribution >= 4 is 23.2 Å². The van der Waals surface area contributed by atoms with Gasteiger partial charge >= 0.3 is 5.69 Å². The van der Waals surface area contributed by atoms with Crippen molar-refractivity contribution in [1.29, 1.82) is 0 Å². The number of benzene rings is 2. The molecule has 7 nitrogen and oxygen atoms in total. The fourth-order valence-corrected chi connectivity index (χ4v) is 2.78. The molecule has 0 unspecified atom stereocenters. The fourth-order valence-electron chi connectivity index (χ4n) is 2.61. The van der Waals surface area contributed by atoms with Gasteiger partial charge in [-0.2, -0.15) is 0 Å². The Morgan fingerprint density at radius 2 is 1.89 bits per heavy atom. The number of hydrogen-bond acceptors (Lipinski definition) is 5. The molecule has 0 spiro atoms. The van der Waals surface area contributed by atoms with Gasteiger partial charge in [0.15, 0.2) is 12.4 Å². The lowest BCUT2D eigenvalue weighted by Crippen LogP contribution is -2.34. The molecule has 0 saturated heterocycles. The number of hydrogen-bond donors (Lipinski definition) is 0. The molecule has 144 valence electrons. The summed E-state index contributed by atoms with van der Waals surface area (Å²) in [4.78, 5) is 24.9. The Kier molecular flexibility index (Phi) is 6.29. The second kappa shape index (κ2) is 9.05. The summed E-state index contributed by atoms with van der Waals surface area (Å²) in [5.74, 6) is 0.284. The van der Waals surface area contributed by atoms with Crippen LogP contribution >= 0.6 is 11.6 Å². The highest BCUT2D eigenvalue weighted by molar-refractivity contribution is 6.30. The highest BCUT2D eigenvalue weighted by atomic mass is 35.5. The molecule has 3 rings (SSSR count).